The Morgan fingerprint density at radius 1 is 1.40 bits per heavy atom. The van der Waals surface area contributed by atoms with Crippen LogP contribution < -0.4 is 5.73 Å². The van der Waals surface area contributed by atoms with E-state index in [1.807, 2.05) is 0 Å². The minimum Gasteiger partial charge on any atom is -0.477 e. The molecule has 6 heteroatoms. The fraction of sp³-hybridized carbons (Fsp3) is 0.714. The van der Waals surface area contributed by atoms with Crippen LogP contribution in [-0.4, -0.2) is 26.6 Å². The Kier molecular flexibility index (Phi) is 5.34. The monoisotopic (exact) mass is 297 g/mol. The highest BCUT2D eigenvalue weighted by atomic mass is 32.2. The van der Waals surface area contributed by atoms with Gasteiger partial charge in [0.05, 0.1) is 6.04 Å². The van der Waals surface area contributed by atoms with Crippen LogP contribution in [0, 0.1) is 0 Å². The number of hydrogen-bond acceptors (Lipinski definition) is 4. The zero-order valence-corrected chi connectivity index (χ0v) is 12.8. The molecule has 0 aromatic carbocycles. The van der Waals surface area contributed by atoms with Crippen molar-refractivity contribution in [3.8, 4) is 0 Å². The van der Waals surface area contributed by atoms with E-state index in [0.29, 0.717) is 10.8 Å². The quantitative estimate of drug-likeness (QED) is 0.641. The van der Waals surface area contributed by atoms with Crippen molar-refractivity contribution < 1.29 is 9.90 Å². The summed E-state index contributed by atoms with van der Waals surface area (Å²) >= 11 is 1.49. The zero-order valence-electron chi connectivity index (χ0n) is 12.0. The molecule has 1 fully saturated rings. The maximum Gasteiger partial charge on any atom is 0.342 e. The second-order valence-corrected chi connectivity index (χ2v) is 6.39. The van der Waals surface area contributed by atoms with Crippen LogP contribution in [0.2, 0.25) is 0 Å². The second kappa shape index (κ2) is 7.02. The number of nitrogen functional groups attached to an aromatic ring is 1. The number of hydrogen-bond donors (Lipinski definition) is 2. The molecule has 1 aromatic rings. The molecule has 20 heavy (non-hydrogen) atoms. The van der Waals surface area contributed by atoms with Crippen molar-refractivity contribution in [2.75, 3.05) is 11.5 Å². The summed E-state index contributed by atoms with van der Waals surface area (Å²) in [4.78, 5) is 11.4. The summed E-state index contributed by atoms with van der Waals surface area (Å²) < 4.78 is 1.77. The number of nitrogens with two attached hydrogens (primary N) is 1. The van der Waals surface area contributed by atoms with Gasteiger partial charge in [-0.3, -0.25) is 0 Å². The van der Waals surface area contributed by atoms with Crippen LogP contribution in [0.25, 0.3) is 0 Å². The van der Waals surface area contributed by atoms with Crippen molar-refractivity contribution in [3.05, 3.63) is 5.56 Å². The van der Waals surface area contributed by atoms with E-state index in [1.165, 1.54) is 37.4 Å². The van der Waals surface area contributed by atoms with Crippen LogP contribution in [0.5, 0.6) is 0 Å². The van der Waals surface area contributed by atoms with Crippen LogP contribution in [0.3, 0.4) is 0 Å². The molecule has 0 saturated heterocycles. The minimum absolute atomic E-state index is 0.188. The van der Waals surface area contributed by atoms with E-state index in [2.05, 4.69) is 12.0 Å². The lowest BCUT2D eigenvalue weighted by molar-refractivity contribution is 0.0694. The van der Waals surface area contributed by atoms with Crippen molar-refractivity contribution in [2.45, 2.75) is 62.9 Å². The average Bonchev–Trinajstić information content (AvgIpc) is 2.61. The van der Waals surface area contributed by atoms with E-state index >= 15 is 0 Å². The fourth-order valence-electron chi connectivity index (χ4n) is 2.71. The van der Waals surface area contributed by atoms with Crippen LogP contribution in [0.1, 0.15) is 68.3 Å². The van der Waals surface area contributed by atoms with Gasteiger partial charge in [0.1, 0.15) is 16.4 Å². The van der Waals surface area contributed by atoms with Gasteiger partial charge in [0.25, 0.3) is 0 Å². The van der Waals surface area contributed by atoms with Gasteiger partial charge in [-0.2, -0.15) is 5.10 Å². The minimum atomic E-state index is -0.971. The Morgan fingerprint density at radius 2 is 2.05 bits per heavy atom. The molecule has 1 aromatic heterocycles. The molecule has 0 aliphatic heterocycles. The summed E-state index contributed by atoms with van der Waals surface area (Å²) in [6.07, 6.45) is 7.92. The first kappa shape index (κ1) is 15.2. The van der Waals surface area contributed by atoms with E-state index in [0.717, 1.165) is 25.0 Å². The molecule has 5 nitrogen and oxygen atoms in total. The van der Waals surface area contributed by atoms with Crippen molar-refractivity contribution in [1.29, 1.82) is 0 Å². The number of aromatic carboxylic acids is 1. The molecule has 1 aliphatic rings. The second-order valence-electron chi connectivity index (χ2n) is 5.31. The number of nitrogens with zero attached hydrogens (tertiary/aromatic N) is 2. The SMILES string of the molecule is CCCSc1nn(C2CCCCCC2)c(N)c1C(=O)O. The third-order valence-corrected chi connectivity index (χ3v) is 4.91. The Hall–Kier alpha value is -1.17. The number of aromatic nitrogens is 2. The van der Waals surface area contributed by atoms with Crippen LogP contribution in [-0.2, 0) is 0 Å². The number of carboxylic acids is 1. The average molecular weight is 297 g/mol. The number of carboxylic acid groups (broad SMARTS) is 1. The summed E-state index contributed by atoms with van der Waals surface area (Å²) in [6.45, 7) is 2.07. The van der Waals surface area contributed by atoms with E-state index in [1.54, 1.807) is 4.68 Å². The smallest absolute Gasteiger partial charge is 0.342 e. The van der Waals surface area contributed by atoms with E-state index in [4.69, 9.17) is 5.73 Å². The maximum absolute atomic E-state index is 11.4. The predicted molar refractivity (Wildman–Crippen MR) is 81.4 cm³/mol. The van der Waals surface area contributed by atoms with Crippen LogP contribution in [0.4, 0.5) is 5.82 Å². The largest absolute Gasteiger partial charge is 0.477 e. The van der Waals surface area contributed by atoms with E-state index in [9.17, 15) is 9.90 Å². The van der Waals surface area contributed by atoms with Gasteiger partial charge < -0.3 is 10.8 Å². The van der Waals surface area contributed by atoms with Gasteiger partial charge in [-0.05, 0) is 25.0 Å². The van der Waals surface area contributed by atoms with Crippen LogP contribution in [0.15, 0.2) is 5.03 Å². The first-order chi connectivity index (χ1) is 9.65. The molecule has 1 saturated carbocycles. The lowest BCUT2D eigenvalue weighted by Gasteiger charge is -2.16. The van der Waals surface area contributed by atoms with Gasteiger partial charge in [0, 0.05) is 0 Å². The number of rotatable bonds is 5. The molecule has 0 amide bonds. The molecule has 0 bridgehead atoms. The topological polar surface area (TPSA) is 81.1 Å². The summed E-state index contributed by atoms with van der Waals surface area (Å²) in [5.41, 5.74) is 6.25. The number of carbonyl (C=O) groups is 1. The lowest BCUT2D eigenvalue weighted by atomic mass is 10.1. The third kappa shape index (κ3) is 3.29. The molecule has 1 aliphatic carbocycles. The number of anilines is 1. The molecular formula is C14H23N3O2S. The number of thioether (sulfide) groups is 1. The Labute approximate surface area is 123 Å². The molecule has 1 heterocycles. The normalized spacial score (nSPS) is 17.1. The van der Waals surface area contributed by atoms with Crippen molar-refractivity contribution in [2.24, 2.45) is 0 Å². The Balaban J connectivity index is 2.30. The highest BCUT2D eigenvalue weighted by molar-refractivity contribution is 7.99. The van der Waals surface area contributed by atoms with Crippen molar-refractivity contribution in [1.82, 2.24) is 9.78 Å². The summed E-state index contributed by atoms with van der Waals surface area (Å²) in [6, 6.07) is 0.256. The standard InChI is InChI=1S/C14H23N3O2S/c1-2-9-20-13-11(14(18)19)12(15)17(16-13)10-7-5-3-4-6-8-10/h10H,2-9,15H2,1H3,(H,18,19). The van der Waals surface area contributed by atoms with E-state index < -0.39 is 5.97 Å². The molecular weight excluding hydrogens is 274 g/mol. The molecule has 2 rings (SSSR count). The van der Waals surface area contributed by atoms with Gasteiger partial charge in [-0.25, -0.2) is 9.48 Å². The highest BCUT2D eigenvalue weighted by Gasteiger charge is 2.26. The first-order valence-electron chi connectivity index (χ1n) is 7.39. The van der Waals surface area contributed by atoms with Gasteiger partial charge in [-0.1, -0.05) is 32.6 Å². The molecule has 0 radical (unpaired) electrons. The van der Waals surface area contributed by atoms with Gasteiger partial charge in [0.15, 0.2) is 0 Å². The summed E-state index contributed by atoms with van der Waals surface area (Å²) in [7, 11) is 0. The Bertz CT molecular complexity index is 465. The molecule has 112 valence electrons. The zero-order chi connectivity index (χ0) is 14.5. The molecule has 3 N–H and O–H groups in total. The van der Waals surface area contributed by atoms with Crippen molar-refractivity contribution in [3.63, 3.8) is 0 Å². The first-order valence-corrected chi connectivity index (χ1v) is 8.37. The van der Waals surface area contributed by atoms with Crippen LogP contribution >= 0.6 is 11.8 Å². The summed E-state index contributed by atoms with van der Waals surface area (Å²) in [5, 5.41) is 14.4. The Morgan fingerprint density at radius 3 is 2.60 bits per heavy atom. The molecule has 0 atom stereocenters. The highest BCUT2D eigenvalue weighted by Crippen LogP contribution is 2.34. The predicted octanol–water partition coefficient (Wildman–Crippen LogP) is 3.56. The van der Waals surface area contributed by atoms with Gasteiger partial charge >= 0.3 is 5.97 Å². The molecule has 0 spiro atoms. The lowest BCUT2D eigenvalue weighted by Crippen LogP contribution is -2.13. The fourth-order valence-corrected chi connectivity index (χ4v) is 3.59. The van der Waals surface area contributed by atoms with Gasteiger partial charge in [0.2, 0.25) is 0 Å². The van der Waals surface area contributed by atoms with Crippen molar-refractivity contribution >= 4 is 23.5 Å². The molecule has 0 unspecified atom stereocenters. The maximum atomic E-state index is 11.4. The third-order valence-electron chi connectivity index (χ3n) is 3.74. The van der Waals surface area contributed by atoms with E-state index in [-0.39, 0.29) is 11.6 Å². The van der Waals surface area contributed by atoms with Gasteiger partial charge in [-0.15, -0.1) is 11.8 Å². The summed E-state index contributed by atoms with van der Waals surface area (Å²) in [5.74, 6) is 0.213.